The van der Waals surface area contributed by atoms with E-state index in [1.165, 1.54) is 0 Å². The van der Waals surface area contributed by atoms with Gasteiger partial charge in [-0.1, -0.05) is 12.1 Å². The van der Waals surface area contributed by atoms with Gasteiger partial charge in [0, 0.05) is 18.9 Å². The molecule has 1 aliphatic rings. The van der Waals surface area contributed by atoms with Crippen LogP contribution < -0.4 is 5.73 Å². The second-order valence-corrected chi connectivity index (χ2v) is 4.47. The Balaban J connectivity index is 1.91. The first-order chi connectivity index (χ1) is 7.75. The Bertz CT molecular complexity index is 317. The summed E-state index contributed by atoms with van der Waals surface area (Å²) >= 11 is 0. The highest BCUT2D eigenvalue weighted by Gasteiger charge is 2.18. The zero-order valence-corrected chi connectivity index (χ0v) is 9.43. The van der Waals surface area contributed by atoms with Crippen LogP contribution in [0.25, 0.3) is 0 Å². The summed E-state index contributed by atoms with van der Waals surface area (Å²) in [5, 5.41) is 10.1. The zero-order chi connectivity index (χ0) is 11.4. The Morgan fingerprint density at radius 1 is 1.25 bits per heavy atom. The molecule has 0 aliphatic carbocycles. The van der Waals surface area contributed by atoms with Gasteiger partial charge in [-0.2, -0.15) is 0 Å². The Morgan fingerprint density at radius 3 is 2.50 bits per heavy atom. The van der Waals surface area contributed by atoms with E-state index >= 15 is 0 Å². The molecule has 0 saturated carbocycles. The van der Waals surface area contributed by atoms with Crippen molar-refractivity contribution in [3.05, 3.63) is 29.8 Å². The van der Waals surface area contributed by atoms with Gasteiger partial charge in [-0.3, -0.25) is 0 Å². The number of aliphatic hydroxyl groups excluding tert-OH is 1. The third kappa shape index (κ3) is 2.97. The molecule has 88 valence electrons. The van der Waals surface area contributed by atoms with Crippen molar-refractivity contribution >= 4 is 5.69 Å². The smallest absolute Gasteiger partial charge is 0.0792 e. The van der Waals surface area contributed by atoms with E-state index in [4.69, 9.17) is 10.5 Å². The van der Waals surface area contributed by atoms with Crippen molar-refractivity contribution in [2.45, 2.75) is 25.4 Å². The molecule has 1 heterocycles. The largest absolute Gasteiger partial charge is 0.399 e. The molecule has 1 aromatic carbocycles. The highest BCUT2D eigenvalue weighted by atomic mass is 16.5. The summed E-state index contributed by atoms with van der Waals surface area (Å²) < 4.78 is 5.30. The van der Waals surface area contributed by atoms with E-state index < -0.39 is 0 Å². The molecular weight excluding hydrogens is 202 g/mol. The molecule has 0 aromatic heterocycles. The average Bonchev–Trinajstić information content (AvgIpc) is 2.31. The van der Waals surface area contributed by atoms with Crippen LogP contribution in [0.5, 0.6) is 0 Å². The lowest BCUT2D eigenvalue weighted by Crippen LogP contribution is -2.18. The van der Waals surface area contributed by atoms with Crippen LogP contribution in [0, 0.1) is 5.92 Å². The van der Waals surface area contributed by atoms with Crippen molar-refractivity contribution in [2.75, 3.05) is 18.9 Å². The van der Waals surface area contributed by atoms with Crippen LogP contribution in [-0.2, 0) is 4.74 Å². The topological polar surface area (TPSA) is 55.5 Å². The maximum atomic E-state index is 10.1. The van der Waals surface area contributed by atoms with Gasteiger partial charge in [0.2, 0.25) is 0 Å². The summed E-state index contributed by atoms with van der Waals surface area (Å²) in [7, 11) is 0. The second kappa shape index (κ2) is 5.32. The minimum Gasteiger partial charge on any atom is -0.399 e. The fourth-order valence-corrected chi connectivity index (χ4v) is 2.15. The van der Waals surface area contributed by atoms with Crippen LogP contribution >= 0.6 is 0 Å². The van der Waals surface area contributed by atoms with Crippen molar-refractivity contribution in [1.82, 2.24) is 0 Å². The Kier molecular flexibility index (Phi) is 3.80. The van der Waals surface area contributed by atoms with E-state index in [0.29, 0.717) is 5.92 Å². The van der Waals surface area contributed by atoms with Crippen LogP contribution in [0.3, 0.4) is 0 Å². The van der Waals surface area contributed by atoms with Crippen molar-refractivity contribution in [1.29, 1.82) is 0 Å². The monoisotopic (exact) mass is 221 g/mol. The van der Waals surface area contributed by atoms with Crippen LogP contribution in [0.15, 0.2) is 24.3 Å². The molecule has 1 fully saturated rings. The van der Waals surface area contributed by atoms with Gasteiger partial charge in [-0.05, 0) is 42.9 Å². The normalized spacial score (nSPS) is 19.6. The Hall–Kier alpha value is -1.06. The number of nitrogens with two attached hydrogens (primary N) is 1. The maximum Gasteiger partial charge on any atom is 0.0792 e. The summed E-state index contributed by atoms with van der Waals surface area (Å²) in [5.41, 5.74) is 7.31. The molecule has 3 heteroatoms. The second-order valence-electron chi connectivity index (χ2n) is 4.47. The van der Waals surface area contributed by atoms with Gasteiger partial charge in [-0.25, -0.2) is 0 Å². The predicted molar refractivity (Wildman–Crippen MR) is 64.0 cm³/mol. The molecule has 3 N–H and O–H groups in total. The summed E-state index contributed by atoms with van der Waals surface area (Å²) in [4.78, 5) is 0. The zero-order valence-electron chi connectivity index (χ0n) is 9.43. The first kappa shape index (κ1) is 11.4. The Labute approximate surface area is 96.2 Å². The number of anilines is 1. The molecule has 2 rings (SSSR count). The number of aliphatic hydroxyl groups is 1. The molecule has 1 aromatic rings. The molecular formula is C13H19NO2. The number of hydrogen-bond acceptors (Lipinski definition) is 3. The van der Waals surface area contributed by atoms with Crippen molar-refractivity contribution in [3.63, 3.8) is 0 Å². The minimum atomic E-state index is -0.372. The van der Waals surface area contributed by atoms with Crippen LogP contribution in [0.2, 0.25) is 0 Å². The molecule has 0 bridgehead atoms. The van der Waals surface area contributed by atoms with Crippen LogP contribution in [0.4, 0.5) is 5.69 Å². The average molecular weight is 221 g/mol. The maximum absolute atomic E-state index is 10.1. The number of nitrogen functional groups attached to an aromatic ring is 1. The Morgan fingerprint density at radius 2 is 1.88 bits per heavy atom. The van der Waals surface area contributed by atoms with Gasteiger partial charge in [0.05, 0.1) is 6.10 Å². The minimum absolute atomic E-state index is 0.372. The summed E-state index contributed by atoms with van der Waals surface area (Å²) in [5.74, 6) is 0.585. The standard InChI is InChI=1S/C13H19NO2/c14-12-3-1-11(2-4-12)13(15)9-10-5-7-16-8-6-10/h1-4,10,13,15H,5-9,14H2. The third-order valence-corrected chi connectivity index (χ3v) is 3.22. The molecule has 0 spiro atoms. The van der Waals surface area contributed by atoms with Gasteiger partial charge in [0.15, 0.2) is 0 Å². The molecule has 1 aliphatic heterocycles. The summed E-state index contributed by atoms with van der Waals surface area (Å²) in [6.07, 6.45) is 2.58. The summed E-state index contributed by atoms with van der Waals surface area (Å²) in [6.45, 7) is 1.66. The SMILES string of the molecule is Nc1ccc(C(O)CC2CCOCC2)cc1. The lowest BCUT2D eigenvalue weighted by molar-refractivity contribution is 0.0435. The number of hydrogen-bond donors (Lipinski definition) is 2. The van der Waals surface area contributed by atoms with Gasteiger partial charge in [0.25, 0.3) is 0 Å². The van der Waals surface area contributed by atoms with E-state index in [-0.39, 0.29) is 6.10 Å². The third-order valence-electron chi connectivity index (χ3n) is 3.22. The predicted octanol–water partition coefficient (Wildman–Crippen LogP) is 2.12. The van der Waals surface area contributed by atoms with E-state index in [1.54, 1.807) is 0 Å². The van der Waals surface area contributed by atoms with Crippen LogP contribution in [-0.4, -0.2) is 18.3 Å². The molecule has 1 atom stereocenters. The first-order valence-electron chi connectivity index (χ1n) is 5.87. The fraction of sp³-hybridized carbons (Fsp3) is 0.538. The van der Waals surface area contributed by atoms with Gasteiger partial charge >= 0.3 is 0 Å². The highest BCUT2D eigenvalue weighted by molar-refractivity contribution is 5.39. The molecule has 16 heavy (non-hydrogen) atoms. The first-order valence-corrected chi connectivity index (χ1v) is 5.87. The lowest BCUT2D eigenvalue weighted by atomic mass is 9.91. The fourth-order valence-electron chi connectivity index (χ4n) is 2.15. The van der Waals surface area contributed by atoms with E-state index in [0.717, 1.165) is 43.7 Å². The van der Waals surface area contributed by atoms with E-state index in [9.17, 15) is 5.11 Å². The van der Waals surface area contributed by atoms with Crippen molar-refractivity contribution in [3.8, 4) is 0 Å². The van der Waals surface area contributed by atoms with Gasteiger partial charge in [0.1, 0.15) is 0 Å². The molecule has 0 radical (unpaired) electrons. The summed E-state index contributed by atoms with van der Waals surface area (Å²) in [6, 6.07) is 7.48. The molecule has 0 amide bonds. The quantitative estimate of drug-likeness (QED) is 0.769. The van der Waals surface area contributed by atoms with Crippen LogP contribution in [0.1, 0.15) is 30.9 Å². The van der Waals surface area contributed by atoms with Gasteiger partial charge < -0.3 is 15.6 Å². The number of ether oxygens (including phenoxy) is 1. The van der Waals surface area contributed by atoms with Crippen molar-refractivity contribution < 1.29 is 9.84 Å². The molecule has 3 nitrogen and oxygen atoms in total. The van der Waals surface area contributed by atoms with Crippen molar-refractivity contribution in [2.24, 2.45) is 5.92 Å². The number of rotatable bonds is 3. The molecule has 1 saturated heterocycles. The highest BCUT2D eigenvalue weighted by Crippen LogP contribution is 2.27. The lowest BCUT2D eigenvalue weighted by Gasteiger charge is -2.24. The van der Waals surface area contributed by atoms with Gasteiger partial charge in [-0.15, -0.1) is 0 Å². The van der Waals surface area contributed by atoms with E-state index in [1.807, 2.05) is 24.3 Å². The molecule has 1 unspecified atom stereocenters. The van der Waals surface area contributed by atoms with E-state index in [2.05, 4.69) is 0 Å². The number of benzene rings is 1.